The van der Waals surface area contributed by atoms with Gasteiger partial charge in [0.2, 0.25) is 11.8 Å². The van der Waals surface area contributed by atoms with E-state index in [4.69, 9.17) is 0 Å². The van der Waals surface area contributed by atoms with E-state index in [0.717, 1.165) is 17.0 Å². The number of carbonyl (C=O) groups excluding carboxylic acids is 4. The molecule has 2 saturated heterocycles. The molecule has 1 saturated carbocycles. The maximum Gasteiger partial charge on any atom is 0.262 e. The van der Waals surface area contributed by atoms with Crippen molar-refractivity contribution in [1.29, 1.82) is 0 Å². The van der Waals surface area contributed by atoms with E-state index in [1.54, 1.807) is 12.1 Å². The van der Waals surface area contributed by atoms with Crippen molar-refractivity contribution in [2.24, 2.45) is 5.92 Å². The van der Waals surface area contributed by atoms with Crippen molar-refractivity contribution >= 4 is 23.6 Å². The van der Waals surface area contributed by atoms with Crippen LogP contribution in [0.5, 0.6) is 0 Å². The van der Waals surface area contributed by atoms with Crippen LogP contribution in [0.2, 0.25) is 0 Å². The van der Waals surface area contributed by atoms with Crippen LogP contribution in [0.1, 0.15) is 52.0 Å². The van der Waals surface area contributed by atoms with Gasteiger partial charge in [-0.1, -0.05) is 6.07 Å². The molecule has 0 radical (unpaired) electrons. The van der Waals surface area contributed by atoms with Crippen molar-refractivity contribution in [3.8, 4) is 0 Å². The molecule has 8 nitrogen and oxygen atoms in total. The zero-order valence-electron chi connectivity index (χ0n) is 15.4. The predicted octanol–water partition coefficient (Wildman–Crippen LogP) is -0.0722. The number of fused-ring (bicyclic) bond motifs is 2. The molecule has 8 heteroatoms. The summed E-state index contributed by atoms with van der Waals surface area (Å²) in [6, 6.07) is 5.35. The summed E-state index contributed by atoms with van der Waals surface area (Å²) in [6.07, 6.45) is 2.75. The number of nitrogens with zero attached hydrogens (tertiary/aromatic N) is 1. The minimum absolute atomic E-state index is 0.122. The van der Waals surface area contributed by atoms with Gasteiger partial charge < -0.3 is 10.6 Å². The van der Waals surface area contributed by atoms with Gasteiger partial charge in [-0.05, 0) is 49.4 Å². The maximum atomic E-state index is 12.9. The molecule has 28 heavy (non-hydrogen) atoms. The molecule has 0 aromatic heterocycles. The molecule has 146 valence electrons. The Morgan fingerprint density at radius 1 is 1.07 bits per heavy atom. The van der Waals surface area contributed by atoms with Gasteiger partial charge in [-0.25, -0.2) is 0 Å². The van der Waals surface area contributed by atoms with E-state index >= 15 is 0 Å². The van der Waals surface area contributed by atoms with Gasteiger partial charge in [-0.15, -0.1) is 0 Å². The molecule has 3 heterocycles. The fraction of sp³-hybridized carbons (Fsp3) is 0.500. The Kier molecular flexibility index (Phi) is 4.06. The van der Waals surface area contributed by atoms with Crippen molar-refractivity contribution in [2.75, 3.05) is 6.54 Å². The van der Waals surface area contributed by atoms with Gasteiger partial charge in [0.1, 0.15) is 6.04 Å². The highest BCUT2D eigenvalue weighted by Crippen LogP contribution is 2.38. The number of piperidine rings is 2. The SMILES string of the molecule is O=C1CCC(N2C(=O)c3ccc(CNC4C5CCCNC54)cc3C2=O)C(=O)N1. The number of amides is 4. The summed E-state index contributed by atoms with van der Waals surface area (Å²) in [6.45, 7) is 1.71. The smallest absolute Gasteiger partial charge is 0.262 e. The number of hydrogen-bond acceptors (Lipinski definition) is 6. The molecule has 0 bridgehead atoms. The summed E-state index contributed by atoms with van der Waals surface area (Å²) >= 11 is 0. The highest BCUT2D eigenvalue weighted by atomic mass is 16.2. The molecule has 1 aliphatic carbocycles. The second kappa shape index (κ2) is 6.49. The summed E-state index contributed by atoms with van der Waals surface area (Å²) in [5, 5.41) is 9.27. The van der Waals surface area contributed by atoms with E-state index in [1.165, 1.54) is 12.8 Å². The number of hydrogen-bond donors (Lipinski definition) is 3. The van der Waals surface area contributed by atoms with Crippen molar-refractivity contribution < 1.29 is 19.2 Å². The lowest BCUT2D eigenvalue weighted by Gasteiger charge is -2.27. The second-order valence-electron chi connectivity index (χ2n) is 8.02. The summed E-state index contributed by atoms with van der Waals surface area (Å²) in [5.41, 5.74) is 1.59. The van der Waals surface area contributed by atoms with Crippen LogP contribution in [0.15, 0.2) is 18.2 Å². The Labute approximate surface area is 162 Å². The average molecular weight is 382 g/mol. The van der Waals surface area contributed by atoms with Crippen molar-refractivity contribution in [3.63, 3.8) is 0 Å². The highest BCUT2D eigenvalue weighted by molar-refractivity contribution is 6.23. The van der Waals surface area contributed by atoms with Gasteiger partial charge in [-0.2, -0.15) is 0 Å². The summed E-state index contributed by atoms with van der Waals surface area (Å²) in [7, 11) is 0. The molecule has 3 fully saturated rings. The Bertz CT molecular complexity index is 886. The first kappa shape index (κ1) is 17.5. The first-order valence-corrected chi connectivity index (χ1v) is 9.86. The third-order valence-electron chi connectivity index (χ3n) is 6.31. The molecule has 5 rings (SSSR count). The van der Waals surface area contributed by atoms with Crippen LogP contribution in [0, 0.1) is 5.92 Å². The van der Waals surface area contributed by atoms with E-state index in [9.17, 15) is 19.2 Å². The van der Waals surface area contributed by atoms with Crippen molar-refractivity contribution in [3.05, 3.63) is 34.9 Å². The van der Waals surface area contributed by atoms with E-state index in [0.29, 0.717) is 35.7 Å². The van der Waals surface area contributed by atoms with Gasteiger partial charge >= 0.3 is 0 Å². The number of rotatable bonds is 4. The normalized spacial score (nSPS) is 31.5. The van der Waals surface area contributed by atoms with Gasteiger partial charge in [0.15, 0.2) is 0 Å². The second-order valence-corrected chi connectivity index (χ2v) is 8.02. The summed E-state index contributed by atoms with van der Waals surface area (Å²) < 4.78 is 0. The van der Waals surface area contributed by atoms with Crippen molar-refractivity contribution in [1.82, 2.24) is 20.9 Å². The molecule has 0 spiro atoms. The first-order valence-electron chi connectivity index (χ1n) is 9.86. The Balaban J connectivity index is 1.30. The highest BCUT2D eigenvalue weighted by Gasteiger charge is 2.50. The van der Waals surface area contributed by atoms with Crippen LogP contribution in [0.25, 0.3) is 0 Å². The topological polar surface area (TPSA) is 108 Å². The minimum Gasteiger partial charge on any atom is -0.312 e. The largest absolute Gasteiger partial charge is 0.312 e. The molecule has 4 atom stereocenters. The Morgan fingerprint density at radius 2 is 1.89 bits per heavy atom. The monoisotopic (exact) mass is 382 g/mol. The molecule has 3 N–H and O–H groups in total. The fourth-order valence-electron chi connectivity index (χ4n) is 4.76. The average Bonchev–Trinajstić information content (AvgIpc) is 3.34. The molecule has 3 aliphatic heterocycles. The number of nitrogens with one attached hydrogen (secondary N) is 3. The zero-order chi connectivity index (χ0) is 19.4. The molecular weight excluding hydrogens is 360 g/mol. The lowest BCUT2D eigenvalue weighted by Crippen LogP contribution is -2.54. The van der Waals surface area contributed by atoms with Gasteiger partial charge in [0.25, 0.3) is 11.8 Å². The van der Waals surface area contributed by atoms with E-state index in [1.807, 2.05) is 6.07 Å². The number of benzene rings is 1. The summed E-state index contributed by atoms with van der Waals surface area (Å²) in [4.78, 5) is 50.0. The zero-order valence-corrected chi connectivity index (χ0v) is 15.4. The third-order valence-corrected chi connectivity index (χ3v) is 6.31. The molecular formula is C20H22N4O4. The Hall–Kier alpha value is -2.58. The van der Waals surface area contributed by atoms with E-state index in [-0.39, 0.29) is 18.7 Å². The van der Waals surface area contributed by atoms with Crippen LogP contribution in [-0.2, 0) is 16.1 Å². The van der Waals surface area contributed by atoms with Gasteiger partial charge in [0, 0.05) is 25.0 Å². The quantitative estimate of drug-likeness (QED) is 0.629. The molecule has 1 aromatic carbocycles. The molecule has 4 aliphatic rings. The third kappa shape index (κ3) is 2.75. The maximum absolute atomic E-state index is 12.9. The van der Waals surface area contributed by atoms with E-state index < -0.39 is 23.8 Å². The molecule has 1 aromatic rings. The van der Waals surface area contributed by atoms with Crippen LogP contribution in [0.3, 0.4) is 0 Å². The molecule has 4 amide bonds. The molecule has 4 unspecified atom stereocenters. The Morgan fingerprint density at radius 3 is 2.64 bits per heavy atom. The lowest BCUT2D eigenvalue weighted by atomic mass is 10.0. The minimum atomic E-state index is -0.924. The first-order chi connectivity index (χ1) is 13.5. The van der Waals surface area contributed by atoms with E-state index in [2.05, 4.69) is 16.0 Å². The fourth-order valence-corrected chi connectivity index (χ4v) is 4.76. The number of carbonyl (C=O) groups is 4. The van der Waals surface area contributed by atoms with Crippen LogP contribution in [-0.4, -0.2) is 53.2 Å². The van der Waals surface area contributed by atoms with Gasteiger partial charge in [-0.3, -0.25) is 29.4 Å². The van der Waals surface area contributed by atoms with Gasteiger partial charge in [0.05, 0.1) is 11.1 Å². The standard InChI is InChI=1S/C20H22N4O4/c25-15-6-5-14(18(26)23-15)24-19(27)11-4-3-10(8-13(11)20(24)28)9-22-17-12-2-1-7-21-16(12)17/h3-4,8,12,14,16-17,21-22H,1-2,5-7,9H2,(H,23,25,26). The predicted molar refractivity (Wildman–Crippen MR) is 98.3 cm³/mol. The summed E-state index contributed by atoms with van der Waals surface area (Å²) in [5.74, 6) is -1.20. The van der Waals surface area contributed by atoms with Crippen LogP contribution < -0.4 is 16.0 Å². The van der Waals surface area contributed by atoms with Crippen LogP contribution in [0.4, 0.5) is 0 Å². The van der Waals surface area contributed by atoms with Crippen LogP contribution >= 0.6 is 0 Å². The van der Waals surface area contributed by atoms with Crippen molar-refractivity contribution in [2.45, 2.75) is 50.4 Å². The lowest BCUT2D eigenvalue weighted by molar-refractivity contribution is -0.136. The number of imide groups is 2.